The van der Waals surface area contributed by atoms with E-state index >= 15 is 0 Å². The van der Waals surface area contributed by atoms with Crippen molar-refractivity contribution < 1.29 is 19.4 Å². The number of carboxylic acid groups (broad SMARTS) is 1. The maximum absolute atomic E-state index is 12.0. The third-order valence-electron chi connectivity index (χ3n) is 3.49. The van der Waals surface area contributed by atoms with Gasteiger partial charge < -0.3 is 15.2 Å². The Hall–Kier alpha value is -2.82. The highest BCUT2D eigenvalue weighted by Gasteiger charge is 2.21. The number of carboxylic acids is 1. The summed E-state index contributed by atoms with van der Waals surface area (Å²) in [4.78, 5) is 23.3. The summed E-state index contributed by atoms with van der Waals surface area (Å²) in [6, 6.07) is 15.3. The maximum Gasteiger partial charge on any atom is 0.330 e. The summed E-state index contributed by atoms with van der Waals surface area (Å²) in [5.74, 6) is -0.618. The lowest BCUT2D eigenvalue weighted by atomic mass is 10.1. The Kier molecular flexibility index (Phi) is 6.37. The van der Waals surface area contributed by atoms with Crippen molar-refractivity contribution in [1.29, 1.82) is 0 Å². The number of aliphatic carboxylic acids is 1. The minimum Gasteiger partial charge on any atom is -0.494 e. The number of carbonyl (C=O) groups excluding carboxylic acids is 1. The van der Waals surface area contributed by atoms with Crippen LogP contribution in [0.5, 0.6) is 5.75 Å². The highest BCUT2D eigenvalue weighted by Crippen LogP contribution is 2.14. The Morgan fingerprint density at radius 1 is 1.12 bits per heavy atom. The highest BCUT2D eigenvalue weighted by molar-refractivity contribution is 5.84. The summed E-state index contributed by atoms with van der Waals surface area (Å²) in [5, 5.41) is 11.8. The number of aryl methyl sites for hydroxylation is 1. The van der Waals surface area contributed by atoms with Crippen LogP contribution in [0.15, 0.2) is 54.6 Å². The van der Waals surface area contributed by atoms with Gasteiger partial charge in [-0.15, -0.1) is 0 Å². The van der Waals surface area contributed by atoms with Crippen LogP contribution >= 0.6 is 0 Å². The largest absolute Gasteiger partial charge is 0.494 e. The van der Waals surface area contributed by atoms with Gasteiger partial charge in [-0.05, 0) is 36.6 Å². The molecule has 0 saturated heterocycles. The van der Waals surface area contributed by atoms with E-state index in [1.54, 1.807) is 30.3 Å². The second-order valence-electron chi connectivity index (χ2n) is 5.52. The SMILES string of the molecule is Cc1cccc(OCCCC(=O)N[C@@H](C(=O)O)c2ccccc2)c1. The minimum absolute atomic E-state index is 0.211. The molecule has 126 valence electrons. The molecule has 0 saturated carbocycles. The Morgan fingerprint density at radius 3 is 2.54 bits per heavy atom. The number of rotatable bonds is 8. The lowest BCUT2D eigenvalue weighted by Crippen LogP contribution is -2.33. The summed E-state index contributed by atoms with van der Waals surface area (Å²) in [5.41, 5.74) is 1.66. The monoisotopic (exact) mass is 327 g/mol. The Bertz CT molecular complexity index is 685. The number of carbonyl (C=O) groups is 2. The van der Waals surface area contributed by atoms with E-state index in [4.69, 9.17) is 4.74 Å². The van der Waals surface area contributed by atoms with Crippen molar-refractivity contribution >= 4 is 11.9 Å². The summed E-state index contributed by atoms with van der Waals surface area (Å²) in [6.07, 6.45) is 0.726. The van der Waals surface area contributed by atoms with Crippen LogP contribution in [0.3, 0.4) is 0 Å². The lowest BCUT2D eigenvalue weighted by molar-refractivity contribution is -0.142. The number of hydrogen-bond donors (Lipinski definition) is 2. The third-order valence-corrected chi connectivity index (χ3v) is 3.49. The van der Waals surface area contributed by atoms with Gasteiger partial charge in [0.05, 0.1) is 6.61 Å². The summed E-state index contributed by atoms with van der Waals surface area (Å²) >= 11 is 0. The second kappa shape index (κ2) is 8.72. The van der Waals surface area contributed by atoms with Crippen LogP contribution in [0.1, 0.15) is 30.0 Å². The van der Waals surface area contributed by atoms with Gasteiger partial charge in [-0.2, -0.15) is 0 Å². The molecule has 0 aliphatic carbocycles. The van der Waals surface area contributed by atoms with Crippen LogP contribution in [0.2, 0.25) is 0 Å². The molecule has 0 heterocycles. The van der Waals surface area contributed by atoms with Gasteiger partial charge in [0.2, 0.25) is 5.91 Å². The Morgan fingerprint density at radius 2 is 1.88 bits per heavy atom. The number of benzene rings is 2. The molecule has 0 bridgehead atoms. The molecule has 24 heavy (non-hydrogen) atoms. The molecule has 0 spiro atoms. The van der Waals surface area contributed by atoms with Crippen molar-refractivity contribution in [3.63, 3.8) is 0 Å². The predicted octanol–water partition coefficient (Wildman–Crippen LogP) is 3.10. The minimum atomic E-state index is -1.08. The van der Waals surface area contributed by atoms with Crippen molar-refractivity contribution in [1.82, 2.24) is 5.32 Å². The van der Waals surface area contributed by atoms with E-state index in [9.17, 15) is 14.7 Å². The van der Waals surface area contributed by atoms with Gasteiger partial charge in [-0.1, -0.05) is 42.5 Å². The van der Waals surface area contributed by atoms with Crippen LogP contribution in [-0.2, 0) is 9.59 Å². The fourth-order valence-corrected chi connectivity index (χ4v) is 2.29. The van der Waals surface area contributed by atoms with Crippen LogP contribution < -0.4 is 10.1 Å². The standard InChI is InChI=1S/C19H21NO4/c1-14-7-5-10-16(13-14)24-12-6-11-17(21)20-18(19(22)23)15-8-3-2-4-9-15/h2-5,7-10,13,18H,6,11-12H2,1H3,(H,20,21)(H,22,23)/t18-/m1/s1. The zero-order chi connectivity index (χ0) is 17.4. The van der Waals surface area contributed by atoms with Crippen LogP contribution in [0, 0.1) is 6.92 Å². The van der Waals surface area contributed by atoms with Gasteiger partial charge in [0.1, 0.15) is 5.75 Å². The molecule has 2 N–H and O–H groups in total. The van der Waals surface area contributed by atoms with E-state index in [-0.39, 0.29) is 12.3 Å². The first-order valence-electron chi connectivity index (χ1n) is 7.83. The average molecular weight is 327 g/mol. The van der Waals surface area contributed by atoms with Crippen LogP contribution in [0.25, 0.3) is 0 Å². The van der Waals surface area contributed by atoms with Gasteiger partial charge in [-0.25, -0.2) is 4.79 Å². The van der Waals surface area contributed by atoms with E-state index in [2.05, 4.69) is 5.32 Å². The van der Waals surface area contributed by atoms with Crippen molar-refractivity contribution in [2.45, 2.75) is 25.8 Å². The zero-order valence-corrected chi connectivity index (χ0v) is 13.6. The quantitative estimate of drug-likeness (QED) is 0.731. The third kappa shape index (κ3) is 5.43. The van der Waals surface area contributed by atoms with Gasteiger partial charge in [0.25, 0.3) is 0 Å². The average Bonchev–Trinajstić information content (AvgIpc) is 2.57. The Balaban J connectivity index is 1.78. The second-order valence-corrected chi connectivity index (χ2v) is 5.52. The fraction of sp³-hybridized carbons (Fsp3) is 0.263. The molecule has 0 aliphatic rings. The van der Waals surface area contributed by atoms with E-state index in [0.717, 1.165) is 11.3 Å². The van der Waals surface area contributed by atoms with Crippen LogP contribution in [0.4, 0.5) is 0 Å². The fourth-order valence-electron chi connectivity index (χ4n) is 2.29. The first-order valence-corrected chi connectivity index (χ1v) is 7.83. The van der Waals surface area contributed by atoms with Gasteiger partial charge in [0.15, 0.2) is 6.04 Å². The van der Waals surface area contributed by atoms with Gasteiger partial charge >= 0.3 is 5.97 Å². The van der Waals surface area contributed by atoms with Crippen molar-refractivity contribution in [3.05, 3.63) is 65.7 Å². The topological polar surface area (TPSA) is 75.6 Å². The number of hydrogen-bond acceptors (Lipinski definition) is 3. The normalized spacial score (nSPS) is 11.5. The summed E-state index contributed by atoms with van der Waals surface area (Å²) in [7, 11) is 0. The molecule has 2 aromatic rings. The highest BCUT2D eigenvalue weighted by atomic mass is 16.5. The van der Waals surface area contributed by atoms with E-state index in [1.807, 2.05) is 31.2 Å². The smallest absolute Gasteiger partial charge is 0.330 e. The van der Waals surface area contributed by atoms with E-state index in [1.165, 1.54) is 0 Å². The van der Waals surface area contributed by atoms with Crippen molar-refractivity contribution in [2.75, 3.05) is 6.61 Å². The van der Waals surface area contributed by atoms with Gasteiger partial charge in [0, 0.05) is 6.42 Å². The zero-order valence-electron chi connectivity index (χ0n) is 13.6. The summed E-state index contributed by atoms with van der Waals surface area (Å²) < 4.78 is 5.58. The number of ether oxygens (including phenoxy) is 1. The lowest BCUT2D eigenvalue weighted by Gasteiger charge is -2.15. The molecular weight excluding hydrogens is 306 g/mol. The maximum atomic E-state index is 12.0. The summed E-state index contributed by atoms with van der Waals surface area (Å²) in [6.45, 7) is 2.38. The van der Waals surface area contributed by atoms with Crippen molar-refractivity contribution in [2.24, 2.45) is 0 Å². The molecule has 2 rings (SSSR count). The number of amides is 1. The van der Waals surface area contributed by atoms with Gasteiger partial charge in [-0.3, -0.25) is 4.79 Å². The molecule has 0 unspecified atom stereocenters. The first-order chi connectivity index (χ1) is 11.6. The van der Waals surface area contributed by atoms with Crippen LogP contribution in [-0.4, -0.2) is 23.6 Å². The Labute approximate surface area is 141 Å². The molecular formula is C19H21NO4. The molecule has 0 aliphatic heterocycles. The molecule has 2 aromatic carbocycles. The van der Waals surface area contributed by atoms with E-state index < -0.39 is 12.0 Å². The molecule has 1 atom stereocenters. The predicted molar refractivity (Wildman–Crippen MR) is 90.9 cm³/mol. The number of nitrogens with one attached hydrogen (secondary N) is 1. The first kappa shape index (κ1) is 17.5. The molecule has 0 radical (unpaired) electrons. The molecule has 5 heteroatoms. The molecule has 5 nitrogen and oxygen atoms in total. The molecule has 0 aromatic heterocycles. The molecule has 1 amide bonds. The molecule has 0 fully saturated rings. The van der Waals surface area contributed by atoms with E-state index in [0.29, 0.717) is 18.6 Å². The van der Waals surface area contributed by atoms with Crippen molar-refractivity contribution in [3.8, 4) is 5.75 Å².